The highest BCUT2D eigenvalue weighted by molar-refractivity contribution is 5.37. The van der Waals surface area contributed by atoms with Gasteiger partial charge in [0.1, 0.15) is 0 Å². The largest absolute Gasteiger partial charge is 0.318 e. The number of nitriles is 1. The van der Waals surface area contributed by atoms with E-state index in [4.69, 9.17) is 5.26 Å². The zero-order valence-corrected chi connectivity index (χ0v) is 9.33. The van der Waals surface area contributed by atoms with E-state index in [1.807, 2.05) is 31.3 Å². The van der Waals surface area contributed by atoms with Gasteiger partial charge in [0.2, 0.25) is 0 Å². The van der Waals surface area contributed by atoms with Gasteiger partial charge in [0.05, 0.1) is 11.6 Å². The van der Waals surface area contributed by atoms with Crippen molar-refractivity contribution in [3.8, 4) is 6.07 Å². The fourth-order valence-electron chi connectivity index (χ4n) is 1.44. The van der Waals surface area contributed by atoms with Crippen LogP contribution in [0.25, 0.3) is 0 Å². The molecule has 0 unspecified atom stereocenters. The first kappa shape index (κ1) is 11.7. The van der Waals surface area contributed by atoms with Gasteiger partial charge in [0, 0.05) is 19.6 Å². The van der Waals surface area contributed by atoms with Crippen molar-refractivity contribution in [1.82, 2.24) is 10.2 Å². The molecule has 0 aromatic heterocycles. The van der Waals surface area contributed by atoms with Gasteiger partial charge in [-0.15, -0.1) is 0 Å². The highest BCUT2D eigenvalue weighted by Crippen LogP contribution is 2.09. The molecule has 0 aliphatic carbocycles. The van der Waals surface area contributed by atoms with E-state index in [0.717, 1.165) is 30.8 Å². The van der Waals surface area contributed by atoms with Gasteiger partial charge in [-0.2, -0.15) is 5.26 Å². The number of hydrogen-bond donors (Lipinski definition) is 1. The van der Waals surface area contributed by atoms with Crippen molar-refractivity contribution in [2.45, 2.75) is 6.54 Å². The molecule has 0 aliphatic heterocycles. The van der Waals surface area contributed by atoms with Crippen LogP contribution in [-0.2, 0) is 6.54 Å². The van der Waals surface area contributed by atoms with Gasteiger partial charge in [-0.3, -0.25) is 0 Å². The summed E-state index contributed by atoms with van der Waals surface area (Å²) in [6, 6.07) is 9.96. The average molecular weight is 203 g/mol. The summed E-state index contributed by atoms with van der Waals surface area (Å²) in [7, 11) is 4.00. The Hall–Kier alpha value is -1.37. The minimum Gasteiger partial charge on any atom is -0.318 e. The molecular weight excluding hydrogens is 186 g/mol. The van der Waals surface area contributed by atoms with E-state index >= 15 is 0 Å². The smallest absolute Gasteiger partial charge is 0.0995 e. The van der Waals surface area contributed by atoms with Gasteiger partial charge >= 0.3 is 0 Å². The van der Waals surface area contributed by atoms with Crippen LogP contribution >= 0.6 is 0 Å². The maximum absolute atomic E-state index is 8.93. The summed E-state index contributed by atoms with van der Waals surface area (Å²) in [5.41, 5.74) is 1.87. The summed E-state index contributed by atoms with van der Waals surface area (Å²) in [5.74, 6) is 0. The van der Waals surface area contributed by atoms with Gasteiger partial charge < -0.3 is 10.2 Å². The van der Waals surface area contributed by atoms with Gasteiger partial charge in [-0.05, 0) is 25.7 Å². The molecule has 1 N–H and O–H groups in total. The van der Waals surface area contributed by atoms with Crippen LogP contribution in [0.3, 0.4) is 0 Å². The third-order valence-corrected chi connectivity index (χ3v) is 2.32. The first-order chi connectivity index (χ1) is 7.27. The summed E-state index contributed by atoms with van der Waals surface area (Å²) in [6.45, 7) is 2.77. The molecule has 0 saturated heterocycles. The van der Waals surface area contributed by atoms with Gasteiger partial charge in [-0.25, -0.2) is 0 Å². The molecule has 0 atom stereocenters. The standard InChI is InChI=1S/C12H17N3/c1-14-7-8-15(2)10-12-6-4-3-5-11(12)9-13/h3-6,14H,7-8,10H2,1-2H3. The maximum atomic E-state index is 8.93. The Morgan fingerprint density at radius 1 is 1.40 bits per heavy atom. The van der Waals surface area contributed by atoms with Crippen LogP contribution in [0, 0.1) is 11.3 Å². The molecule has 0 aliphatic rings. The highest BCUT2D eigenvalue weighted by Gasteiger charge is 2.03. The molecule has 1 aromatic carbocycles. The Balaban J connectivity index is 2.60. The second kappa shape index (κ2) is 6.18. The van der Waals surface area contributed by atoms with Gasteiger partial charge in [0.15, 0.2) is 0 Å². The second-order valence-corrected chi connectivity index (χ2v) is 3.61. The lowest BCUT2D eigenvalue weighted by Crippen LogP contribution is -2.27. The van der Waals surface area contributed by atoms with Crippen molar-refractivity contribution >= 4 is 0 Å². The first-order valence-corrected chi connectivity index (χ1v) is 5.09. The number of likely N-dealkylation sites (N-methyl/N-ethyl adjacent to an activating group) is 2. The Labute approximate surface area is 91.3 Å². The Kier molecular flexibility index (Phi) is 4.82. The molecule has 0 bridgehead atoms. The fraction of sp³-hybridized carbons (Fsp3) is 0.417. The van der Waals surface area contributed by atoms with Crippen LogP contribution in [-0.4, -0.2) is 32.1 Å². The topological polar surface area (TPSA) is 39.1 Å². The van der Waals surface area contributed by atoms with Crippen LogP contribution in [0.4, 0.5) is 0 Å². The van der Waals surface area contributed by atoms with Crippen LogP contribution in [0.5, 0.6) is 0 Å². The molecule has 0 amide bonds. The lowest BCUT2D eigenvalue weighted by atomic mass is 10.1. The molecule has 1 aromatic rings. The SMILES string of the molecule is CNCCN(C)Cc1ccccc1C#N. The van der Waals surface area contributed by atoms with Crippen molar-refractivity contribution in [3.05, 3.63) is 35.4 Å². The minimum absolute atomic E-state index is 0.772. The van der Waals surface area contributed by atoms with E-state index in [-0.39, 0.29) is 0 Å². The summed E-state index contributed by atoms with van der Waals surface area (Å²) in [5, 5.41) is 12.0. The quantitative estimate of drug-likeness (QED) is 0.781. The third-order valence-electron chi connectivity index (χ3n) is 2.32. The summed E-state index contributed by atoms with van der Waals surface area (Å²) in [6.07, 6.45) is 0. The van der Waals surface area contributed by atoms with Crippen LogP contribution in [0.15, 0.2) is 24.3 Å². The molecule has 15 heavy (non-hydrogen) atoms. The summed E-state index contributed by atoms with van der Waals surface area (Å²) >= 11 is 0. The van der Waals surface area contributed by atoms with Gasteiger partial charge in [0.25, 0.3) is 0 Å². The molecular formula is C12H17N3. The van der Waals surface area contributed by atoms with Crippen LogP contribution in [0.2, 0.25) is 0 Å². The fourth-order valence-corrected chi connectivity index (χ4v) is 1.44. The van der Waals surface area contributed by atoms with Crippen molar-refractivity contribution in [2.75, 3.05) is 27.2 Å². The molecule has 0 radical (unpaired) electrons. The van der Waals surface area contributed by atoms with E-state index in [1.54, 1.807) is 0 Å². The van der Waals surface area contributed by atoms with E-state index in [0.29, 0.717) is 0 Å². The Morgan fingerprint density at radius 3 is 2.80 bits per heavy atom. The highest BCUT2D eigenvalue weighted by atomic mass is 15.1. The van der Waals surface area contributed by atoms with Crippen LogP contribution in [0.1, 0.15) is 11.1 Å². The van der Waals surface area contributed by atoms with Crippen LogP contribution < -0.4 is 5.32 Å². The van der Waals surface area contributed by atoms with Crippen molar-refractivity contribution < 1.29 is 0 Å². The zero-order valence-electron chi connectivity index (χ0n) is 9.33. The molecule has 3 heteroatoms. The minimum atomic E-state index is 0.772. The number of nitrogens with zero attached hydrogens (tertiary/aromatic N) is 2. The predicted octanol–water partition coefficient (Wildman–Crippen LogP) is 1.21. The normalized spacial score (nSPS) is 10.3. The Bertz CT molecular complexity index is 341. The third kappa shape index (κ3) is 3.70. The van der Waals surface area contributed by atoms with E-state index < -0.39 is 0 Å². The van der Waals surface area contributed by atoms with Crippen molar-refractivity contribution in [2.24, 2.45) is 0 Å². The molecule has 1 rings (SSSR count). The molecule has 0 saturated carbocycles. The lowest BCUT2D eigenvalue weighted by Gasteiger charge is -2.16. The maximum Gasteiger partial charge on any atom is 0.0995 e. The molecule has 0 spiro atoms. The zero-order chi connectivity index (χ0) is 11.1. The molecule has 3 nitrogen and oxygen atoms in total. The monoisotopic (exact) mass is 203 g/mol. The van der Waals surface area contributed by atoms with Crippen molar-refractivity contribution in [1.29, 1.82) is 5.26 Å². The lowest BCUT2D eigenvalue weighted by molar-refractivity contribution is 0.328. The van der Waals surface area contributed by atoms with E-state index in [2.05, 4.69) is 23.3 Å². The summed E-state index contributed by atoms with van der Waals surface area (Å²) < 4.78 is 0. The summed E-state index contributed by atoms with van der Waals surface area (Å²) in [4.78, 5) is 2.20. The average Bonchev–Trinajstić information content (AvgIpc) is 2.27. The van der Waals surface area contributed by atoms with E-state index in [9.17, 15) is 0 Å². The number of rotatable bonds is 5. The van der Waals surface area contributed by atoms with Crippen molar-refractivity contribution in [3.63, 3.8) is 0 Å². The molecule has 0 fully saturated rings. The number of benzene rings is 1. The predicted molar refractivity (Wildman–Crippen MR) is 61.4 cm³/mol. The number of hydrogen-bond acceptors (Lipinski definition) is 3. The first-order valence-electron chi connectivity index (χ1n) is 5.09. The number of nitrogens with one attached hydrogen (secondary N) is 1. The Morgan fingerprint density at radius 2 is 2.13 bits per heavy atom. The second-order valence-electron chi connectivity index (χ2n) is 3.61. The molecule has 80 valence electrons. The molecule has 0 heterocycles. The van der Waals surface area contributed by atoms with E-state index in [1.165, 1.54) is 0 Å². The van der Waals surface area contributed by atoms with Gasteiger partial charge in [-0.1, -0.05) is 18.2 Å².